The number of anilines is 1. The molecule has 2 amide bonds. The van der Waals surface area contributed by atoms with E-state index in [0.717, 1.165) is 22.0 Å². The summed E-state index contributed by atoms with van der Waals surface area (Å²) in [5.41, 5.74) is 4.17. The summed E-state index contributed by atoms with van der Waals surface area (Å²) >= 11 is 0. The predicted molar refractivity (Wildman–Crippen MR) is 118 cm³/mol. The molecular formula is C22H27N3O3S. The SMILES string of the molecule is CC(C)c1cccc(C(C)C)c1NC(=O)NS(=O)(=O)Cc1ccc2[nH]ccc2c1. The highest BCUT2D eigenvalue weighted by molar-refractivity contribution is 7.89. The van der Waals surface area contributed by atoms with E-state index in [1.807, 2.05) is 58.0 Å². The molecule has 154 valence electrons. The second-order valence-electron chi connectivity index (χ2n) is 7.84. The van der Waals surface area contributed by atoms with Crippen molar-refractivity contribution in [3.63, 3.8) is 0 Å². The zero-order valence-corrected chi connectivity index (χ0v) is 17.9. The molecule has 3 N–H and O–H groups in total. The summed E-state index contributed by atoms with van der Waals surface area (Å²) in [7, 11) is -3.84. The molecule has 6 nitrogen and oxygen atoms in total. The summed E-state index contributed by atoms with van der Waals surface area (Å²) in [5, 5.41) is 3.70. The second-order valence-corrected chi connectivity index (χ2v) is 9.56. The van der Waals surface area contributed by atoms with Gasteiger partial charge in [0.1, 0.15) is 0 Å². The average Bonchev–Trinajstić information content (AvgIpc) is 3.08. The molecule has 2 aromatic carbocycles. The summed E-state index contributed by atoms with van der Waals surface area (Å²) in [6.07, 6.45) is 1.80. The number of para-hydroxylation sites is 1. The molecule has 7 heteroatoms. The van der Waals surface area contributed by atoms with Gasteiger partial charge in [0, 0.05) is 17.4 Å². The fourth-order valence-corrected chi connectivity index (χ4v) is 4.45. The van der Waals surface area contributed by atoms with Gasteiger partial charge in [-0.3, -0.25) is 0 Å². The van der Waals surface area contributed by atoms with Gasteiger partial charge in [-0.05, 0) is 52.1 Å². The number of aromatic amines is 1. The highest BCUT2D eigenvalue weighted by Gasteiger charge is 2.20. The van der Waals surface area contributed by atoms with Gasteiger partial charge in [0.05, 0.1) is 5.75 Å². The number of sulfonamides is 1. The molecular weight excluding hydrogens is 386 g/mol. The Hall–Kier alpha value is -2.80. The lowest BCUT2D eigenvalue weighted by atomic mass is 9.93. The summed E-state index contributed by atoms with van der Waals surface area (Å²) in [4.78, 5) is 15.6. The minimum Gasteiger partial charge on any atom is -0.361 e. The minimum atomic E-state index is -3.84. The fraction of sp³-hybridized carbons (Fsp3) is 0.318. The van der Waals surface area contributed by atoms with Gasteiger partial charge in [-0.15, -0.1) is 0 Å². The van der Waals surface area contributed by atoms with E-state index < -0.39 is 16.1 Å². The van der Waals surface area contributed by atoms with Crippen LogP contribution < -0.4 is 10.0 Å². The largest absolute Gasteiger partial charge is 0.361 e. The van der Waals surface area contributed by atoms with E-state index in [0.29, 0.717) is 11.3 Å². The van der Waals surface area contributed by atoms with Gasteiger partial charge in [-0.25, -0.2) is 17.9 Å². The number of amides is 2. The first-order chi connectivity index (χ1) is 13.7. The molecule has 0 saturated heterocycles. The molecule has 0 spiro atoms. The quantitative estimate of drug-likeness (QED) is 0.527. The molecule has 0 aliphatic carbocycles. The third-order valence-corrected chi connectivity index (χ3v) is 6.04. The van der Waals surface area contributed by atoms with E-state index in [1.165, 1.54) is 0 Å². The maximum Gasteiger partial charge on any atom is 0.332 e. The Bertz CT molecular complexity index is 1100. The lowest BCUT2D eigenvalue weighted by Gasteiger charge is -2.20. The zero-order chi connectivity index (χ0) is 21.2. The Morgan fingerprint density at radius 2 is 1.66 bits per heavy atom. The van der Waals surface area contributed by atoms with E-state index in [9.17, 15) is 13.2 Å². The first-order valence-corrected chi connectivity index (χ1v) is 11.3. The third-order valence-electron chi connectivity index (χ3n) is 4.83. The van der Waals surface area contributed by atoms with Crippen molar-refractivity contribution in [1.82, 2.24) is 9.71 Å². The number of aromatic nitrogens is 1. The molecule has 0 saturated carbocycles. The Morgan fingerprint density at radius 1 is 1.00 bits per heavy atom. The molecule has 0 fully saturated rings. The lowest BCUT2D eigenvalue weighted by Crippen LogP contribution is -2.35. The van der Waals surface area contributed by atoms with Gasteiger partial charge < -0.3 is 10.3 Å². The normalized spacial score (nSPS) is 11.9. The number of hydrogen-bond acceptors (Lipinski definition) is 3. The predicted octanol–water partition coefficient (Wildman–Crippen LogP) is 5.07. The number of urea groups is 1. The Morgan fingerprint density at radius 3 is 2.28 bits per heavy atom. The highest BCUT2D eigenvalue weighted by atomic mass is 32.2. The van der Waals surface area contributed by atoms with Gasteiger partial charge >= 0.3 is 6.03 Å². The number of hydrogen-bond donors (Lipinski definition) is 3. The number of benzene rings is 2. The van der Waals surface area contributed by atoms with E-state index in [2.05, 4.69) is 15.0 Å². The van der Waals surface area contributed by atoms with E-state index in [-0.39, 0.29) is 17.6 Å². The molecule has 3 aromatic rings. The first kappa shape index (κ1) is 20.9. The standard InChI is InChI=1S/C22H27N3O3S/c1-14(2)18-6-5-7-19(15(3)4)21(18)24-22(26)25-29(27,28)13-16-8-9-20-17(12-16)10-11-23-20/h5-12,14-15,23H,13H2,1-4H3,(H2,24,25,26). The minimum absolute atomic E-state index is 0.189. The van der Waals surface area contributed by atoms with Crippen molar-refractivity contribution in [3.05, 3.63) is 65.4 Å². The van der Waals surface area contributed by atoms with Gasteiger partial charge in [0.25, 0.3) is 0 Å². The van der Waals surface area contributed by atoms with Crippen LogP contribution in [0.1, 0.15) is 56.2 Å². The number of H-pyrrole nitrogens is 1. The topological polar surface area (TPSA) is 91.1 Å². The van der Waals surface area contributed by atoms with Crippen molar-refractivity contribution < 1.29 is 13.2 Å². The maximum absolute atomic E-state index is 12.5. The molecule has 0 aliphatic heterocycles. The fourth-order valence-electron chi connectivity index (χ4n) is 3.42. The summed E-state index contributed by atoms with van der Waals surface area (Å²) in [6, 6.07) is 12.4. The van der Waals surface area contributed by atoms with Gasteiger partial charge in [0.15, 0.2) is 0 Å². The van der Waals surface area contributed by atoms with E-state index in [1.54, 1.807) is 18.3 Å². The van der Waals surface area contributed by atoms with Crippen LogP contribution in [0.2, 0.25) is 0 Å². The molecule has 1 heterocycles. The summed E-state index contributed by atoms with van der Waals surface area (Å²) in [6.45, 7) is 8.15. The molecule has 0 unspecified atom stereocenters. The lowest BCUT2D eigenvalue weighted by molar-refractivity contribution is 0.256. The van der Waals surface area contributed by atoms with Crippen LogP contribution in [0.25, 0.3) is 10.9 Å². The van der Waals surface area contributed by atoms with Gasteiger partial charge in [0.2, 0.25) is 10.0 Å². The molecule has 0 aliphatic rings. The van der Waals surface area contributed by atoms with Crippen LogP contribution in [0.15, 0.2) is 48.7 Å². The summed E-state index contributed by atoms with van der Waals surface area (Å²) in [5.74, 6) is 0.104. The van der Waals surface area contributed by atoms with Crippen molar-refractivity contribution in [2.45, 2.75) is 45.3 Å². The zero-order valence-electron chi connectivity index (χ0n) is 17.1. The van der Waals surface area contributed by atoms with Crippen molar-refractivity contribution >= 4 is 32.6 Å². The number of fused-ring (bicyclic) bond motifs is 1. The summed E-state index contributed by atoms with van der Waals surface area (Å²) < 4.78 is 27.2. The van der Waals surface area contributed by atoms with Crippen LogP contribution in [0.5, 0.6) is 0 Å². The van der Waals surface area contributed by atoms with Crippen LogP contribution in [-0.2, 0) is 15.8 Å². The van der Waals surface area contributed by atoms with Crippen molar-refractivity contribution in [1.29, 1.82) is 0 Å². The number of carbonyl (C=O) groups excluding carboxylic acids is 1. The van der Waals surface area contributed by atoms with Crippen molar-refractivity contribution in [3.8, 4) is 0 Å². The van der Waals surface area contributed by atoms with Crippen LogP contribution in [0.4, 0.5) is 10.5 Å². The molecule has 0 bridgehead atoms. The van der Waals surface area contributed by atoms with Crippen LogP contribution in [-0.4, -0.2) is 19.4 Å². The van der Waals surface area contributed by atoms with Crippen LogP contribution in [0.3, 0.4) is 0 Å². The smallest absolute Gasteiger partial charge is 0.332 e. The van der Waals surface area contributed by atoms with Crippen LogP contribution >= 0.6 is 0 Å². The van der Waals surface area contributed by atoms with E-state index >= 15 is 0 Å². The number of nitrogens with one attached hydrogen (secondary N) is 3. The van der Waals surface area contributed by atoms with Crippen molar-refractivity contribution in [2.24, 2.45) is 0 Å². The number of rotatable bonds is 6. The molecule has 29 heavy (non-hydrogen) atoms. The molecule has 0 atom stereocenters. The van der Waals surface area contributed by atoms with Crippen LogP contribution in [0, 0.1) is 0 Å². The Balaban J connectivity index is 1.77. The molecule has 0 radical (unpaired) electrons. The van der Waals surface area contributed by atoms with Gasteiger partial charge in [-0.1, -0.05) is 52.0 Å². The van der Waals surface area contributed by atoms with Crippen molar-refractivity contribution in [2.75, 3.05) is 5.32 Å². The third kappa shape index (κ3) is 4.98. The number of carbonyl (C=O) groups is 1. The highest BCUT2D eigenvalue weighted by Crippen LogP contribution is 2.32. The Kier molecular flexibility index (Phi) is 5.98. The van der Waals surface area contributed by atoms with Gasteiger partial charge in [-0.2, -0.15) is 0 Å². The van der Waals surface area contributed by atoms with E-state index in [4.69, 9.17) is 0 Å². The first-order valence-electron chi connectivity index (χ1n) is 9.66. The monoisotopic (exact) mass is 413 g/mol. The maximum atomic E-state index is 12.5. The Labute approximate surface area is 171 Å². The molecule has 1 aromatic heterocycles. The molecule has 3 rings (SSSR count). The second kappa shape index (κ2) is 8.29. The average molecular weight is 414 g/mol.